The van der Waals surface area contributed by atoms with Gasteiger partial charge < -0.3 is 10.6 Å². The first-order valence-corrected chi connectivity index (χ1v) is 6.86. The van der Waals surface area contributed by atoms with E-state index >= 15 is 0 Å². The highest BCUT2D eigenvalue weighted by atomic mass is 19.1. The van der Waals surface area contributed by atoms with Crippen molar-refractivity contribution in [3.05, 3.63) is 65.0 Å². The highest BCUT2D eigenvalue weighted by Crippen LogP contribution is 2.17. The predicted octanol–water partition coefficient (Wildman–Crippen LogP) is 3.67. The van der Waals surface area contributed by atoms with E-state index < -0.39 is 11.7 Å². The molecule has 0 aromatic heterocycles. The average Bonchev–Trinajstić information content (AvgIpc) is 2.49. The lowest BCUT2D eigenvalue weighted by Gasteiger charge is -2.12. The van der Waals surface area contributed by atoms with Crippen molar-refractivity contribution >= 4 is 11.6 Å². The first kappa shape index (κ1) is 15.2. The maximum absolute atomic E-state index is 13.7. The normalized spacial score (nSPS) is 12.0. The van der Waals surface area contributed by atoms with Crippen molar-refractivity contribution in [1.82, 2.24) is 5.32 Å². The molecule has 0 radical (unpaired) electrons. The van der Waals surface area contributed by atoms with E-state index in [-0.39, 0.29) is 11.6 Å². The van der Waals surface area contributed by atoms with Crippen LogP contribution in [0.15, 0.2) is 42.5 Å². The molecule has 2 rings (SSSR count). The summed E-state index contributed by atoms with van der Waals surface area (Å²) < 4.78 is 13.7. The molecule has 2 aromatic carbocycles. The number of aryl methyl sites for hydroxylation is 1. The Balaban J connectivity index is 2.14. The highest BCUT2D eigenvalue weighted by molar-refractivity contribution is 6.04. The standard InChI is InChI=1S/C17H19FN2O/c1-11-4-9-16(18)15(10-11)17(21)20-14-7-5-13(6-8-14)12(2)19-3/h4-10,12,19H,1-3H3,(H,20,21). The molecule has 0 saturated carbocycles. The van der Waals surface area contributed by atoms with Crippen molar-refractivity contribution in [2.24, 2.45) is 0 Å². The van der Waals surface area contributed by atoms with Crippen LogP contribution in [-0.2, 0) is 0 Å². The number of carbonyl (C=O) groups is 1. The molecule has 0 spiro atoms. The predicted molar refractivity (Wildman–Crippen MR) is 83.0 cm³/mol. The summed E-state index contributed by atoms with van der Waals surface area (Å²) in [5.74, 6) is -0.954. The third-order valence-corrected chi connectivity index (χ3v) is 3.47. The highest BCUT2D eigenvalue weighted by Gasteiger charge is 2.12. The molecule has 1 unspecified atom stereocenters. The molecular formula is C17H19FN2O. The van der Waals surface area contributed by atoms with Crippen molar-refractivity contribution < 1.29 is 9.18 Å². The Hall–Kier alpha value is -2.20. The zero-order valence-corrected chi connectivity index (χ0v) is 12.4. The maximum atomic E-state index is 13.7. The topological polar surface area (TPSA) is 41.1 Å². The molecule has 1 amide bonds. The van der Waals surface area contributed by atoms with E-state index in [0.29, 0.717) is 5.69 Å². The van der Waals surface area contributed by atoms with Gasteiger partial charge >= 0.3 is 0 Å². The van der Waals surface area contributed by atoms with Gasteiger partial charge in [0.05, 0.1) is 5.56 Å². The van der Waals surface area contributed by atoms with E-state index in [1.54, 1.807) is 12.1 Å². The molecule has 4 heteroatoms. The number of nitrogens with one attached hydrogen (secondary N) is 2. The van der Waals surface area contributed by atoms with Crippen LogP contribution in [0.3, 0.4) is 0 Å². The Labute approximate surface area is 124 Å². The van der Waals surface area contributed by atoms with Crippen LogP contribution in [0.2, 0.25) is 0 Å². The van der Waals surface area contributed by atoms with Crippen molar-refractivity contribution in [2.45, 2.75) is 19.9 Å². The van der Waals surface area contributed by atoms with Gasteiger partial charge in [-0.15, -0.1) is 0 Å². The molecule has 3 nitrogen and oxygen atoms in total. The van der Waals surface area contributed by atoms with E-state index in [9.17, 15) is 9.18 Å². The Bertz CT molecular complexity index is 638. The number of hydrogen-bond donors (Lipinski definition) is 2. The summed E-state index contributed by atoms with van der Waals surface area (Å²) in [7, 11) is 1.89. The van der Waals surface area contributed by atoms with Crippen molar-refractivity contribution in [2.75, 3.05) is 12.4 Å². The summed E-state index contributed by atoms with van der Waals surface area (Å²) in [4.78, 5) is 12.1. The fourth-order valence-electron chi connectivity index (χ4n) is 2.03. The van der Waals surface area contributed by atoms with E-state index in [4.69, 9.17) is 0 Å². The summed E-state index contributed by atoms with van der Waals surface area (Å²) in [5.41, 5.74) is 2.67. The second-order valence-corrected chi connectivity index (χ2v) is 5.07. The van der Waals surface area contributed by atoms with Crippen molar-refractivity contribution in [3.8, 4) is 0 Å². The summed E-state index contributed by atoms with van der Waals surface area (Å²) >= 11 is 0. The first-order chi connectivity index (χ1) is 10.0. The number of amides is 1. The summed E-state index contributed by atoms with van der Waals surface area (Å²) in [6.07, 6.45) is 0. The third-order valence-electron chi connectivity index (χ3n) is 3.47. The van der Waals surface area contributed by atoms with Crippen LogP contribution in [0.1, 0.15) is 34.5 Å². The van der Waals surface area contributed by atoms with Crippen LogP contribution in [0.4, 0.5) is 10.1 Å². The lowest BCUT2D eigenvalue weighted by molar-refractivity contribution is 0.102. The smallest absolute Gasteiger partial charge is 0.258 e. The minimum absolute atomic E-state index is 0.0580. The molecule has 0 aliphatic rings. The molecular weight excluding hydrogens is 267 g/mol. The van der Waals surface area contributed by atoms with Gasteiger partial charge in [-0.05, 0) is 50.7 Å². The van der Waals surface area contributed by atoms with Gasteiger partial charge in [0.2, 0.25) is 0 Å². The van der Waals surface area contributed by atoms with Gasteiger partial charge in [-0.2, -0.15) is 0 Å². The lowest BCUT2D eigenvalue weighted by Crippen LogP contribution is -2.15. The van der Waals surface area contributed by atoms with E-state index in [1.807, 2.05) is 38.2 Å². The number of carbonyl (C=O) groups excluding carboxylic acids is 1. The largest absolute Gasteiger partial charge is 0.322 e. The molecule has 110 valence electrons. The van der Waals surface area contributed by atoms with Crippen molar-refractivity contribution in [3.63, 3.8) is 0 Å². The van der Waals surface area contributed by atoms with E-state index in [2.05, 4.69) is 17.6 Å². The van der Waals surface area contributed by atoms with Crippen molar-refractivity contribution in [1.29, 1.82) is 0 Å². The number of rotatable bonds is 4. The van der Waals surface area contributed by atoms with Crippen LogP contribution in [0.5, 0.6) is 0 Å². The number of anilines is 1. The molecule has 1 atom stereocenters. The fourth-order valence-corrected chi connectivity index (χ4v) is 2.03. The van der Waals surface area contributed by atoms with Gasteiger partial charge in [-0.3, -0.25) is 4.79 Å². The maximum Gasteiger partial charge on any atom is 0.258 e. The van der Waals surface area contributed by atoms with E-state index in [0.717, 1.165) is 11.1 Å². The second-order valence-electron chi connectivity index (χ2n) is 5.07. The van der Waals surface area contributed by atoms with Crippen LogP contribution >= 0.6 is 0 Å². The molecule has 0 fully saturated rings. The van der Waals surface area contributed by atoms with Gasteiger partial charge in [0, 0.05) is 11.7 Å². The Kier molecular flexibility index (Phi) is 4.70. The van der Waals surface area contributed by atoms with Gasteiger partial charge in [0.15, 0.2) is 0 Å². The van der Waals surface area contributed by atoms with Gasteiger partial charge in [0.25, 0.3) is 5.91 Å². The molecule has 0 heterocycles. The van der Waals surface area contributed by atoms with Gasteiger partial charge in [-0.1, -0.05) is 23.8 Å². The molecule has 2 N–H and O–H groups in total. The van der Waals surface area contributed by atoms with Crippen LogP contribution in [-0.4, -0.2) is 13.0 Å². The number of halogens is 1. The number of hydrogen-bond acceptors (Lipinski definition) is 2. The third kappa shape index (κ3) is 3.67. The summed E-state index contributed by atoms with van der Waals surface area (Å²) in [5, 5.41) is 5.86. The summed E-state index contributed by atoms with van der Waals surface area (Å²) in [6, 6.07) is 12.2. The first-order valence-electron chi connectivity index (χ1n) is 6.86. The summed E-state index contributed by atoms with van der Waals surface area (Å²) in [6.45, 7) is 3.87. The quantitative estimate of drug-likeness (QED) is 0.900. The minimum atomic E-state index is -0.515. The van der Waals surface area contributed by atoms with E-state index in [1.165, 1.54) is 6.07 Å². The molecule has 0 bridgehead atoms. The SMILES string of the molecule is CNC(C)c1ccc(NC(=O)c2cc(C)ccc2F)cc1. The molecule has 0 aliphatic carbocycles. The minimum Gasteiger partial charge on any atom is -0.322 e. The Morgan fingerprint density at radius 3 is 2.43 bits per heavy atom. The Morgan fingerprint density at radius 2 is 1.81 bits per heavy atom. The van der Waals surface area contributed by atoms with Crippen LogP contribution < -0.4 is 10.6 Å². The average molecular weight is 286 g/mol. The molecule has 0 aliphatic heterocycles. The second kappa shape index (κ2) is 6.50. The Morgan fingerprint density at radius 1 is 1.14 bits per heavy atom. The van der Waals surface area contributed by atoms with Gasteiger partial charge in [0.1, 0.15) is 5.82 Å². The van der Waals surface area contributed by atoms with Gasteiger partial charge in [-0.25, -0.2) is 4.39 Å². The zero-order valence-electron chi connectivity index (χ0n) is 12.4. The van der Waals surface area contributed by atoms with Crippen LogP contribution in [0, 0.1) is 12.7 Å². The fraction of sp³-hybridized carbons (Fsp3) is 0.235. The molecule has 21 heavy (non-hydrogen) atoms. The number of benzene rings is 2. The monoisotopic (exact) mass is 286 g/mol. The molecule has 2 aromatic rings. The lowest BCUT2D eigenvalue weighted by atomic mass is 10.1. The zero-order chi connectivity index (χ0) is 15.4. The van der Waals surface area contributed by atoms with Crippen LogP contribution in [0.25, 0.3) is 0 Å². The molecule has 0 saturated heterocycles.